The Morgan fingerprint density at radius 2 is 2.13 bits per heavy atom. The highest BCUT2D eigenvalue weighted by Gasteiger charge is 2.27. The molecule has 31 heavy (non-hydrogen) atoms. The highest BCUT2D eigenvalue weighted by atomic mass is 32.2. The van der Waals surface area contributed by atoms with Crippen LogP contribution in [-0.4, -0.2) is 39.5 Å². The van der Waals surface area contributed by atoms with Gasteiger partial charge in [-0.25, -0.2) is 17.8 Å². The predicted molar refractivity (Wildman–Crippen MR) is 117 cm³/mol. The fourth-order valence-corrected chi connectivity index (χ4v) is 5.14. The molecule has 1 amide bonds. The molecule has 0 bridgehead atoms. The number of thiazole rings is 1. The van der Waals surface area contributed by atoms with Gasteiger partial charge >= 0.3 is 0 Å². The minimum Gasteiger partial charge on any atom is -0.494 e. The number of hydrogen-bond donors (Lipinski definition) is 2. The molecule has 8 nitrogen and oxygen atoms in total. The molecule has 4 rings (SSSR count). The summed E-state index contributed by atoms with van der Waals surface area (Å²) in [5.41, 5.74) is 1.90. The number of rotatable bonds is 7. The molecule has 2 aromatic carbocycles. The average molecular weight is 463 g/mol. The van der Waals surface area contributed by atoms with Crippen molar-refractivity contribution in [2.45, 2.75) is 11.3 Å². The van der Waals surface area contributed by atoms with Gasteiger partial charge in [0.15, 0.2) is 16.7 Å². The zero-order chi connectivity index (χ0) is 22.0. The fourth-order valence-electron chi connectivity index (χ4n) is 3.30. The summed E-state index contributed by atoms with van der Waals surface area (Å²) in [5, 5.41) is 4.88. The van der Waals surface area contributed by atoms with Crippen LogP contribution in [0, 0.1) is 5.82 Å². The van der Waals surface area contributed by atoms with E-state index >= 15 is 0 Å². The molecule has 0 unspecified atom stereocenters. The highest BCUT2D eigenvalue weighted by Crippen LogP contribution is 2.31. The third-order valence-corrected chi connectivity index (χ3v) is 6.96. The number of amides is 1. The largest absolute Gasteiger partial charge is 0.494 e. The molecule has 3 aromatic rings. The van der Waals surface area contributed by atoms with Gasteiger partial charge in [0.1, 0.15) is 0 Å². The van der Waals surface area contributed by atoms with E-state index in [4.69, 9.17) is 4.74 Å². The van der Waals surface area contributed by atoms with Crippen molar-refractivity contribution in [1.29, 1.82) is 0 Å². The van der Waals surface area contributed by atoms with Gasteiger partial charge in [-0.3, -0.25) is 9.52 Å². The first-order valence-electron chi connectivity index (χ1n) is 9.30. The van der Waals surface area contributed by atoms with E-state index in [2.05, 4.69) is 15.0 Å². The third-order valence-electron chi connectivity index (χ3n) is 4.81. The van der Waals surface area contributed by atoms with Crippen LogP contribution in [0.25, 0.3) is 0 Å². The number of halogens is 1. The van der Waals surface area contributed by atoms with Crippen molar-refractivity contribution in [3.05, 3.63) is 59.4 Å². The van der Waals surface area contributed by atoms with Crippen LogP contribution in [0.4, 0.5) is 20.9 Å². The van der Waals surface area contributed by atoms with Crippen LogP contribution in [0.15, 0.2) is 52.9 Å². The Balaban J connectivity index is 1.45. The van der Waals surface area contributed by atoms with E-state index in [1.165, 1.54) is 42.8 Å². The second kappa shape index (κ2) is 8.52. The molecule has 2 heterocycles. The maximum Gasteiger partial charge on any atom is 0.263 e. The van der Waals surface area contributed by atoms with Gasteiger partial charge in [-0.05, 0) is 42.3 Å². The monoisotopic (exact) mass is 462 g/mol. The van der Waals surface area contributed by atoms with Crippen LogP contribution in [0.5, 0.6) is 5.75 Å². The molecule has 0 fully saturated rings. The summed E-state index contributed by atoms with van der Waals surface area (Å²) in [7, 11) is -2.38. The molecule has 162 valence electrons. The first-order chi connectivity index (χ1) is 14.9. The van der Waals surface area contributed by atoms with Gasteiger partial charge in [0.05, 0.1) is 18.6 Å². The Morgan fingerprint density at radius 3 is 2.84 bits per heavy atom. The Kier molecular flexibility index (Phi) is 5.79. The van der Waals surface area contributed by atoms with E-state index in [9.17, 15) is 17.6 Å². The Labute approximate surface area is 182 Å². The van der Waals surface area contributed by atoms with Crippen molar-refractivity contribution in [3.8, 4) is 5.75 Å². The van der Waals surface area contributed by atoms with E-state index < -0.39 is 15.8 Å². The van der Waals surface area contributed by atoms with Crippen molar-refractivity contribution in [2.75, 3.05) is 35.1 Å². The zero-order valence-corrected chi connectivity index (χ0v) is 18.1. The molecule has 1 aliphatic rings. The summed E-state index contributed by atoms with van der Waals surface area (Å²) in [4.78, 5) is 18.3. The zero-order valence-electron chi connectivity index (χ0n) is 16.5. The molecule has 2 N–H and O–H groups in total. The molecule has 0 saturated carbocycles. The number of sulfonamides is 1. The lowest BCUT2D eigenvalue weighted by Gasteiger charge is -2.18. The second-order valence-corrected chi connectivity index (χ2v) is 9.31. The summed E-state index contributed by atoms with van der Waals surface area (Å²) in [5.74, 6) is -0.599. The van der Waals surface area contributed by atoms with Gasteiger partial charge in [0.2, 0.25) is 5.91 Å². The number of anilines is 3. The smallest absolute Gasteiger partial charge is 0.263 e. The van der Waals surface area contributed by atoms with Gasteiger partial charge in [0, 0.05) is 35.6 Å². The molecule has 1 aliphatic heterocycles. The van der Waals surface area contributed by atoms with Crippen molar-refractivity contribution < 1.29 is 22.3 Å². The van der Waals surface area contributed by atoms with Crippen molar-refractivity contribution >= 4 is 43.8 Å². The molecule has 0 radical (unpaired) electrons. The standard InChI is InChI=1S/C20H19FN4O4S2/c1-29-18-5-2-14(11-16(18)21)23-12-19(26)25-8-6-13-10-15(3-4-17(13)25)31(27,28)24-20-22-7-9-30-20/h2-5,7,9-11,23H,6,8,12H2,1H3,(H,22,24). The van der Waals surface area contributed by atoms with E-state index in [1.54, 1.807) is 28.5 Å². The van der Waals surface area contributed by atoms with Gasteiger partial charge in [-0.1, -0.05) is 0 Å². The number of fused-ring (bicyclic) bond motifs is 1. The molecule has 0 aliphatic carbocycles. The number of carbonyl (C=O) groups excluding carboxylic acids is 1. The minimum atomic E-state index is -3.76. The number of benzene rings is 2. The molecular weight excluding hydrogens is 443 g/mol. The van der Waals surface area contributed by atoms with Crippen molar-refractivity contribution in [1.82, 2.24) is 4.98 Å². The highest BCUT2D eigenvalue weighted by molar-refractivity contribution is 7.93. The average Bonchev–Trinajstić information content (AvgIpc) is 3.41. The topological polar surface area (TPSA) is 101 Å². The van der Waals surface area contributed by atoms with E-state index in [0.717, 1.165) is 5.56 Å². The van der Waals surface area contributed by atoms with Crippen LogP contribution < -0.4 is 19.7 Å². The number of nitrogens with one attached hydrogen (secondary N) is 2. The SMILES string of the molecule is COc1ccc(NCC(=O)N2CCc3cc(S(=O)(=O)Nc4nccs4)ccc32)cc1F. The first-order valence-corrected chi connectivity index (χ1v) is 11.7. The van der Waals surface area contributed by atoms with Crippen LogP contribution in [-0.2, 0) is 21.2 Å². The lowest BCUT2D eigenvalue weighted by Crippen LogP contribution is -2.34. The molecule has 0 saturated heterocycles. The molecule has 1 aromatic heterocycles. The van der Waals surface area contributed by atoms with Gasteiger partial charge in [-0.15, -0.1) is 11.3 Å². The summed E-state index contributed by atoms with van der Waals surface area (Å²) in [6, 6.07) is 9.03. The van der Waals surface area contributed by atoms with E-state index in [1.807, 2.05) is 0 Å². The number of carbonyl (C=O) groups is 1. The van der Waals surface area contributed by atoms with Crippen molar-refractivity contribution in [2.24, 2.45) is 0 Å². The molecule has 11 heteroatoms. The Morgan fingerprint density at radius 1 is 1.29 bits per heavy atom. The Hall–Kier alpha value is -3.18. The van der Waals surface area contributed by atoms with E-state index in [0.29, 0.717) is 29.5 Å². The van der Waals surface area contributed by atoms with Gasteiger partial charge < -0.3 is 15.0 Å². The maximum atomic E-state index is 13.8. The van der Waals surface area contributed by atoms with Crippen LogP contribution in [0.2, 0.25) is 0 Å². The quantitative estimate of drug-likeness (QED) is 0.560. The van der Waals surface area contributed by atoms with E-state index in [-0.39, 0.29) is 23.1 Å². The molecular formula is C20H19FN4O4S2. The maximum absolute atomic E-state index is 13.8. The van der Waals surface area contributed by atoms with Crippen LogP contribution >= 0.6 is 11.3 Å². The summed E-state index contributed by atoms with van der Waals surface area (Å²) in [6.07, 6.45) is 2.06. The minimum absolute atomic E-state index is 0.0309. The number of nitrogens with zero attached hydrogens (tertiary/aromatic N) is 2. The summed E-state index contributed by atoms with van der Waals surface area (Å²) >= 11 is 1.19. The predicted octanol–water partition coefficient (Wildman–Crippen LogP) is 3.09. The lowest BCUT2D eigenvalue weighted by atomic mass is 10.2. The molecule has 0 spiro atoms. The van der Waals surface area contributed by atoms with Crippen molar-refractivity contribution in [3.63, 3.8) is 0 Å². The first kappa shape index (κ1) is 21.1. The van der Waals surface area contributed by atoms with Crippen LogP contribution in [0.1, 0.15) is 5.56 Å². The number of hydrogen-bond acceptors (Lipinski definition) is 7. The normalized spacial score (nSPS) is 13.0. The lowest BCUT2D eigenvalue weighted by molar-refractivity contribution is -0.116. The van der Waals surface area contributed by atoms with Gasteiger partial charge in [0.25, 0.3) is 10.0 Å². The number of ether oxygens (including phenoxy) is 1. The van der Waals surface area contributed by atoms with Gasteiger partial charge in [-0.2, -0.15) is 0 Å². The molecule has 0 atom stereocenters. The second-order valence-electron chi connectivity index (χ2n) is 6.73. The fraction of sp³-hybridized carbons (Fsp3) is 0.200. The Bertz CT molecular complexity index is 1220. The summed E-state index contributed by atoms with van der Waals surface area (Å²) in [6.45, 7) is 0.410. The van der Waals surface area contributed by atoms with Crippen LogP contribution in [0.3, 0.4) is 0 Å². The third kappa shape index (κ3) is 4.47. The number of methoxy groups -OCH3 is 1. The summed E-state index contributed by atoms with van der Waals surface area (Å²) < 4.78 is 46.3. The number of aromatic nitrogens is 1.